The van der Waals surface area contributed by atoms with E-state index in [4.69, 9.17) is 0 Å². The van der Waals surface area contributed by atoms with Crippen LogP contribution in [0.5, 0.6) is 0 Å². The molecule has 112 valence electrons. The monoisotopic (exact) mass is 280 g/mol. The fraction of sp³-hybridized carbons (Fsp3) is 0.857. The second-order valence-electron chi connectivity index (χ2n) is 6.18. The average molecular weight is 280 g/mol. The lowest BCUT2D eigenvalue weighted by Crippen LogP contribution is -2.59. The molecular formula is C14H24N4O2. The minimum atomic E-state index is 0.0387. The number of hydrogen-bond acceptors (Lipinski definition) is 4. The molecule has 20 heavy (non-hydrogen) atoms. The minimum absolute atomic E-state index is 0.0387. The highest BCUT2D eigenvalue weighted by atomic mass is 16.2. The third-order valence-corrected chi connectivity index (χ3v) is 4.77. The number of amides is 2. The number of fused-ring (bicyclic) bond motifs is 1. The summed E-state index contributed by atoms with van der Waals surface area (Å²) in [6, 6.07) is 0.795. The van der Waals surface area contributed by atoms with Crippen molar-refractivity contribution in [3.05, 3.63) is 0 Å². The molecule has 0 aromatic carbocycles. The summed E-state index contributed by atoms with van der Waals surface area (Å²) in [6.45, 7) is 7.13. The van der Waals surface area contributed by atoms with Crippen LogP contribution in [0.4, 0.5) is 0 Å². The Kier molecular flexibility index (Phi) is 3.94. The SMILES string of the molecule is C[C@@H]1CN2CCC[C@H]2CN1C(=O)CN1CCNCC1=O. The van der Waals surface area contributed by atoms with Crippen LogP contribution in [0, 0.1) is 0 Å². The Balaban J connectivity index is 1.60. The maximum atomic E-state index is 12.5. The maximum Gasteiger partial charge on any atom is 0.242 e. The van der Waals surface area contributed by atoms with Crippen LogP contribution in [0.15, 0.2) is 0 Å². The van der Waals surface area contributed by atoms with Gasteiger partial charge in [0.2, 0.25) is 11.8 Å². The van der Waals surface area contributed by atoms with Crippen LogP contribution < -0.4 is 5.32 Å². The molecule has 0 bridgehead atoms. The van der Waals surface area contributed by atoms with Crippen molar-refractivity contribution < 1.29 is 9.59 Å². The number of hydrogen-bond donors (Lipinski definition) is 1. The Morgan fingerprint density at radius 3 is 3.00 bits per heavy atom. The minimum Gasteiger partial charge on any atom is -0.336 e. The highest BCUT2D eigenvalue weighted by molar-refractivity contribution is 5.86. The van der Waals surface area contributed by atoms with Gasteiger partial charge in [-0.05, 0) is 26.3 Å². The summed E-state index contributed by atoms with van der Waals surface area (Å²) in [4.78, 5) is 30.4. The number of nitrogens with zero attached hydrogens (tertiary/aromatic N) is 3. The van der Waals surface area contributed by atoms with Gasteiger partial charge in [-0.15, -0.1) is 0 Å². The standard InChI is InChI=1S/C14H24N4O2/c1-11-8-16-5-2-3-12(16)9-18(11)14(20)10-17-6-4-15-7-13(17)19/h11-12,15H,2-10H2,1H3/t11-,12+/m1/s1. The van der Waals surface area contributed by atoms with Crippen LogP contribution >= 0.6 is 0 Å². The Labute approximate surface area is 120 Å². The van der Waals surface area contributed by atoms with Crippen LogP contribution in [0.25, 0.3) is 0 Å². The molecule has 2 atom stereocenters. The summed E-state index contributed by atoms with van der Waals surface area (Å²) in [5, 5.41) is 3.03. The summed E-state index contributed by atoms with van der Waals surface area (Å²) in [7, 11) is 0. The molecule has 0 aliphatic carbocycles. The molecule has 0 aromatic rings. The van der Waals surface area contributed by atoms with Crippen molar-refractivity contribution in [2.24, 2.45) is 0 Å². The average Bonchev–Trinajstić information content (AvgIpc) is 2.87. The van der Waals surface area contributed by atoms with Gasteiger partial charge in [-0.3, -0.25) is 14.5 Å². The fourth-order valence-corrected chi connectivity index (χ4v) is 3.60. The van der Waals surface area contributed by atoms with Crippen molar-refractivity contribution >= 4 is 11.8 Å². The lowest BCUT2D eigenvalue weighted by atomic mass is 10.1. The van der Waals surface area contributed by atoms with Gasteiger partial charge in [0.25, 0.3) is 0 Å². The normalized spacial score (nSPS) is 31.6. The van der Waals surface area contributed by atoms with Gasteiger partial charge in [-0.1, -0.05) is 0 Å². The van der Waals surface area contributed by atoms with Crippen LogP contribution in [-0.4, -0.2) is 84.4 Å². The zero-order chi connectivity index (χ0) is 14.1. The molecule has 3 heterocycles. The number of rotatable bonds is 2. The van der Waals surface area contributed by atoms with Crippen molar-refractivity contribution in [3.63, 3.8) is 0 Å². The van der Waals surface area contributed by atoms with Gasteiger partial charge in [0.15, 0.2) is 0 Å². The fourth-order valence-electron chi connectivity index (χ4n) is 3.60. The number of nitrogens with one attached hydrogen (secondary N) is 1. The van der Waals surface area contributed by atoms with Gasteiger partial charge in [-0.25, -0.2) is 0 Å². The molecule has 0 aromatic heterocycles. The van der Waals surface area contributed by atoms with Crippen molar-refractivity contribution in [2.45, 2.75) is 31.8 Å². The van der Waals surface area contributed by atoms with E-state index >= 15 is 0 Å². The summed E-state index contributed by atoms with van der Waals surface area (Å²) in [5.74, 6) is 0.149. The molecule has 0 unspecified atom stereocenters. The second kappa shape index (κ2) is 5.69. The van der Waals surface area contributed by atoms with Gasteiger partial charge >= 0.3 is 0 Å². The molecule has 6 heteroatoms. The highest BCUT2D eigenvalue weighted by Gasteiger charge is 2.37. The van der Waals surface area contributed by atoms with Crippen molar-refractivity contribution in [1.82, 2.24) is 20.0 Å². The van der Waals surface area contributed by atoms with E-state index in [-0.39, 0.29) is 24.4 Å². The summed E-state index contributed by atoms with van der Waals surface area (Å²) in [6.07, 6.45) is 2.44. The number of carbonyl (C=O) groups excluding carboxylic acids is 2. The lowest BCUT2D eigenvalue weighted by molar-refractivity contribution is -0.144. The molecule has 0 radical (unpaired) electrons. The first kappa shape index (κ1) is 13.8. The summed E-state index contributed by atoms with van der Waals surface area (Å²) < 4.78 is 0. The maximum absolute atomic E-state index is 12.5. The third kappa shape index (κ3) is 2.67. The first-order valence-electron chi connectivity index (χ1n) is 7.67. The largest absolute Gasteiger partial charge is 0.336 e. The number of carbonyl (C=O) groups is 2. The number of piperazine rings is 2. The van der Waals surface area contributed by atoms with Gasteiger partial charge in [-0.2, -0.15) is 0 Å². The van der Waals surface area contributed by atoms with E-state index in [0.29, 0.717) is 19.1 Å². The zero-order valence-electron chi connectivity index (χ0n) is 12.2. The molecule has 3 aliphatic rings. The predicted octanol–water partition coefficient (Wildman–Crippen LogP) is -0.887. The predicted molar refractivity (Wildman–Crippen MR) is 75.2 cm³/mol. The van der Waals surface area contributed by atoms with Crippen LogP contribution in [0.3, 0.4) is 0 Å². The van der Waals surface area contributed by atoms with Gasteiger partial charge < -0.3 is 15.1 Å². The van der Waals surface area contributed by atoms with Crippen LogP contribution in [0.1, 0.15) is 19.8 Å². The zero-order valence-corrected chi connectivity index (χ0v) is 12.2. The van der Waals surface area contributed by atoms with E-state index in [1.54, 1.807) is 4.90 Å². The van der Waals surface area contributed by atoms with Crippen molar-refractivity contribution in [2.75, 3.05) is 45.8 Å². The van der Waals surface area contributed by atoms with Crippen molar-refractivity contribution in [3.8, 4) is 0 Å². The lowest BCUT2D eigenvalue weighted by Gasteiger charge is -2.43. The first-order chi connectivity index (χ1) is 9.65. The van der Waals surface area contributed by atoms with E-state index in [9.17, 15) is 9.59 Å². The summed E-state index contributed by atoms with van der Waals surface area (Å²) >= 11 is 0. The van der Waals surface area contributed by atoms with E-state index in [1.807, 2.05) is 4.90 Å². The topological polar surface area (TPSA) is 55.9 Å². The van der Waals surface area contributed by atoms with Crippen LogP contribution in [-0.2, 0) is 9.59 Å². The summed E-state index contributed by atoms with van der Waals surface area (Å²) in [5.41, 5.74) is 0. The van der Waals surface area contributed by atoms with Gasteiger partial charge in [0, 0.05) is 38.3 Å². The van der Waals surface area contributed by atoms with E-state index in [1.165, 1.54) is 19.4 Å². The molecule has 3 aliphatic heterocycles. The quantitative estimate of drug-likeness (QED) is 0.713. The molecule has 3 fully saturated rings. The Hall–Kier alpha value is -1.14. The molecule has 0 saturated carbocycles. The van der Waals surface area contributed by atoms with Crippen molar-refractivity contribution in [1.29, 1.82) is 0 Å². The molecule has 0 spiro atoms. The van der Waals surface area contributed by atoms with Crippen LogP contribution in [0.2, 0.25) is 0 Å². The van der Waals surface area contributed by atoms with E-state index < -0.39 is 0 Å². The smallest absolute Gasteiger partial charge is 0.242 e. The molecule has 6 nitrogen and oxygen atoms in total. The van der Waals surface area contributed by atoms with E-state index in [0.717, 1.165) is 19.6 Å². The van der Waals surface area contributed by atoms with Gasteiger partial charge in [0.05, 0.1) is 13.1 Å². The Morgan fingerprint density at radius 2 is 2.20 bits per heavy atom. The highest BCUT2D eigenvalue weighted by Crippen LogP contribution is 2.24. The third-order valence-electron chi connectivity index (χ3n) is 4.77. The first-order valence-corrected chi connectivity index (χ1v) is 7.67. The molecule has 2 amide bonds. The van der Waals surface area contributed by atoms with E-state index in [2.05, 4.69) is 17.1 Å². The molecule has 3 saturated heterocycles. The molecule has 3 rings (SSSR count). The molecular weight excluding hydrogens is 256 g/mol. The van der Waals surface area contributed by atoms with Gasteiger partial charge in [0.1, 0.15) is 0 Å². The molecule has 1 N–H and O–H groups in total. The Morgan fingerprint density at radius 1 is 1.35 bits per heavy atom. The second-order valence-corrected chi connectivity index (χ2v) is 6.18. The Bertz CT molecular complexity index is 401.